The second-order valence-electron chi connectivity index (χ2n) is 6.95. The van der Waals surface area contributed by atoms with E-state index in [4.69, 9.17) is 8.23 Å². The van der Waals surface area contributed by atoms with Gasteiger partial charge in [-0.2, -0.15) is 0 Å². The molecule has 4 aromatic rings. The van der Waals surface area contributed by atoms with Crippen LogP contribution >= 0.6 is 0 Å². The molecular formula is C25H28O2Si3. The zero-order valence-corrected chi connectivity index (χ0v) is 23.3. The first kappa shape index (κ1) is 22.1. The first-order valence-corrected chi connectivity index (χ1v) is 12.8. The highest BCUT2D eigenvalue weighted by atomic mass is 28.3. The van der Waals surface area contributed by atoms with Crippen molar-refractivity contribution < 1.29 is 8.23 Å². The van der Waals surface area contributed by atoms with Crippen molar-refractivity contribution in [3.8, 4) is 33.4 Å². The average molecular weight is 445 g/mol. The highest BCUT2D eigenvalue weighted by Gasteiger charge is 2.14. The van der Waals surface area contributed by atoms with Crippen LogP contribution in [0.5, 0.6) is 0 Å². The standard InChI is InChI=1S/C25H20.H8O2Si3/c1-19-23(20-11-5-2-6-12-20)17-18-24(21-13-7-3-8-14-21)25(19)22-15-9-4-10-16-22;3-1-5-2-4/h2-18H,1H3;5H2,3-4H3. The summed E-state index contributed by atoms with van der Waals surface area (Å²) in [5, 5.41) is 0. The molecule has 0 radical (unpaired) electrons. The predicted octanol–water partition coefficient (Wildman–Crippen LogP) is 3.58. The van der Waals surface area contributed by atoms with E-state index in [1.807, 2.05) is 0 Å². The van der Waals surface area contributed by atoms with E-state index >= 15 is 0 Å². The van der Waals surface area contributed by atoms with Gasteiger partial charge in [0.05, 0.1) is 0 Å². The Morgan fingerprint density at radius 3 is 1.37 bits per heavy atom. The lowest BCUT2D eigenvalue weighted by Gasteiger charge is -2.17. The highest BCUT2D eigenvalue weighted by molar-refractivity contribution is 6.33. The van der Waals surface area contributed by atoms with Crippen molar-refractivity contribution in [2.24, 2.45) is 0 Å². The molecule has 2 nitrogen and oxygen atoms in total. The van der Waals surface area contributed by atoms with Crippen molar-refractivity contribution in [2.45, 2.75) is 6.92 Å². The topological polar surface area (TPSA) is 18.5 Å². The monoisotopic (exact) mass is 444 g/mol. The molecule has 0 aliphatic rings. The van der Waals surface area contributed by atoms with Gasteiger partial charge in [0.1, 0.15) is 21.0 Å². The van der Waals surface area contributed by atoms with Crippen molar-refractivity contribution in [1.29, 1.82) is 0 Å². The molecule has 0 spiro atoms. The minimum Gasteiger partial charge on any atom is -0.449 e. The van der Waals surface area contributed by atoms with Crippen LogP contribution in [0.4, 0.5) is 0 Å². The Balaban J connectivity index is 0.000000461. The second kappa shape index (κ2) is 11.6. The van der Waals surface area contributed by atoms with Gasteiger partial charge in [-0.3, -0.25) is 0 Å². The lowest BCUT2D eigenvalue weighted by molar-refractivity contribution is 0.513. The third-order valence-corrected chi connectivity index (χ3v) is 6.82. The molecule has 4 rings (SSSR count). The van der Waals surface area contributed by atoms with Gasteiger partial charge >= 0.3 is 0 Å². The number of hydrogen-bond acceptors (Lipinski definition) is 2. The van der Waals surface area contributed by atoms with Crippen molar-refractivity contribution in [3.63, 3.8) is 0 Å². The maximum absolute atomic E-state index is 4.78. The van der Waals surface area contributed by atoms with E-state index in [9.17, 15) is 0 Å². The van der Waals surface area contributed by atoms with E-state index in [1.54, 1.807) is 0 Å². The van der Waals surface area contributed by atoms with Gasteiger partial charge < -0.3 is 8.23 Å². The Morgan fingerprint density at radius 1 is 0.533 bits per heavy atom. The van der Waals surface area contributed by atoms with Crippen molar-refractivity contribution in [1.82, 2.24) is 0 Å². The number of hydrogen-bond donors (Lipinski definition) is 0. The summed E-state index contributed by atoms with van der Waals surface area (Å²) in [6.45, 7) is 2.23. The Morgan fingerprint density at radius 2 is 0.933 bits per heavy atom. The molecule has 152 valence electrons. The van der Waals surface area contributed by atoms with Crippen LogP contribution in [-0.2, 0) is 8.23 Å². The summed E-state index contributed by atoms with van der Waals surface area (Å²) in [4.78, 5) is 0. The molecule has 0 aliphatic carbocycles. The van der Waals surface area contributed by atoms with Gasteiger partial charge in [-0.15, -0.1) is 0 Å². The van der Waals surface area contributed by atoms with Gasteiger partial charge in [0.15, 0.2) is 0 Å². The minimum absolute atomic E-state index is 0.444. The van der Waals surface area contributed by atoms with Gasteiger partial charge in [-0.1, -0.05) is 103 Å². The summed E-state index contributed by atoms with van der Waals surface area (Å²) >= 11 is 0. The van der Waals surface area contributed by atoms with Gasteiger partial charge in [-0.05, 0) is 45.9 Å². The molecule has 0 heterocycles. The largest absolute Gasteiger partial charge is 0.449 e. The van der Waals surface area contributed by atoms with Crippen LogP contribution in [0.2, 0.25) is 0 Å². The van der Waals surface area contributed by atoms with Crippen molar-refractivity contribution in [3.05, 3.63) is 109 Å². The first-order chi connectivity index (χ1) is 14.8. The lowest BCUT2D eigenvalue weighted by Crippen LogP contribution is -1.96. The third kappa shape index (κ3) is 5.53. The van der Waals surface area contributed by atoms with E-state index in [1.165, 1.54) is 38.9 Å². The van der Waals surface area contributed by atoms with E-state index in [0.29, 0.717) is 0 Å². The molecule has 0 saturated carbocycles. The summed E-state index contributed by atoms with van der Waals surface area (Å²) in [7, 11) is 1.27. The average Bonchev–Trinajstić information content (AvgIpc) is 2.81. The van der Waals surface area contributed by atoms with Crippen LogP contribution in [0.25, 0.3) is 33.4 Å². The molecule has 5 heteroatoms. The molecule has 30 heavy (non-hydrogen) atoms. The highest BCUT2D eigenvalue weighted by Crippen LogP contribution is 2.39. The van der Waals surface area contributed by atoms with E-state index in [0.717, 1.165) is 21.0 Å². The Hall–Kier alpha value is -2.55. The maximum atomic E-state index is 4.78. The minimum atomic E-state index is -0.444. The zero-order chi connectivity index (χ0) is 21.2. The van der Waals surface area contributed by atoms with Crippen LogP contribution in [0.3, 0.4) is 0 Å². The van der Waals surface area contributed by atoms with Crippen LogP contribution in [0.15, 0.2) is 103 Å². The van der Waals surface area contributed by atoms with Crippen LogP contribution in [0, 0.1) is 6.92 Å². The summed E-state index contributed by atoms with van der Waals surface area (Å²) in [5.41, 5.74) is 8.98. The molecular weight excluding hydrogens is 417 g/mol. The molecule has 0 amide bonds. The Labute approximate surface area is 188 Å². The van der Waals surface area contributed by atoms with Crippen molar-refractivity contribution in [2.75, 3.05) is 0 Å². The summed E-state index contributed by atoms with van der Waals surface area (Å²) in [5.74, 6) is 0. The number of benzene rings is 4. The van der Waals surface area contributed by atoms with Gasteiger partial charge in [-0.25, -0.2) is 0 Å². The molecule has 0 N–H and O–H groups in total. The molecule has 0 aromatic heterocycles. The Bertz CT molecular complexity index is 1040. The van der Waals surface area contributed by atoms with Crippen LogP contribution in [0.1, 0.15) is 5.56 Å². The molecule has 0 bridgehead atoms. The first-order valence-electron chi connectivity index (χ1n) is 10.0. The summed E-state index contributed by atoms with van der Waals surface area (Å²) < 4.78 is 9.56. The van der Waals surface area contributed by atoms with E-state index in [2.05, 4.69) is 110 Å². The summed E-state index contributed by atoms with van der Waals surface area (Å²) in [6.07, 6.45) is 0. The van der Waals surface area contributed by atoms with Gasteiger partial charge in [0.2, 0.25) is 0 Å². The van der Waals surface area contributed by atoms with Crippen LogP contribution in [-0.4, -0.2) is 31.0 Å². The second-order valence-corrected chi connectivity index (χ2v) is 11.8. The predicted molar refractivity (Wildman–Crippen MR) is 138 cm³/mol. The van der Waals surface area contributed by atoms with Gasteiger partial charge in [0, 0.05) is 0 Å². The smallest absolute Gasteiger partial charge is 0.282 e. The number of rotatable bonds is 5. The van der Waals surface area contributed by atoms with Crippen molar-refractivity contribution >= 4 is 31.0 Å². The Kier molecular flexibility index (Phi) is 8.55. The molecule has 0 atom stereocenters. The summed E-state index contributed by atoms with van der Waals surface area (Å²) in [6, 6.07) is 36.5. The molecule has 0 fully saturated rings. The lowest BCUT2D eigenvalue weighted by atomic mass is 9.86. The van der Waals surface area contributed by atoms with Crippen LogP contribution < -0.4 is 0 Å². The fraction of sp³-hybridized carbons (Fsp3) is 0.0400. The maximum Gasteiger partial charge on any atom is 0.282 e. The fourth-order valence-electron chi connectivity index (χ4n) is 3.60. The fourth-order valence-corrected chi connectivity index (χ4v) is 6.66. The molecule has 0 saturated heterocycles. The molecule has 4 aromatic carbocycles. The molecule has 0 aliphatic heterocycles. The zero-order valence-electron chi connectivity index (χ0n) is 17.8. The van der Waals surface area contributed by atoms with E-state index in [-0.39, 0.29) is 0 Å². The normalized spacial score (nSPS) is 10.8. The third-order valence-electron chi connectivity index (χ3n) is 4.93. The quantitative estimate of drug-likeness (QED) is 0.438. The van der Waals surface area contributed by atoms with E-state index < -0.39 is 10.0 Å². The SMILES string of the molecule is Cc1c(-c2ccccc2)ccc(-c2ccccc2)c1-c1ccccc1.[SiH3]O[SiH2]O[SiH3]. The van der Waals surface area contributed by atoms with Gasteiger partial charge in [0.25, 0.3) is 10.0 Å². The molecule has 0 unspecified atom stereocenters.